The highest BCUT2D eigenvalue weighted by Crippen LogP contribution is 2.36. The van der Waals surface area contributed by atoms with Gasteiger partial charge in [0.2, 0.25) is 0 Å². The largest absolute Gasteiger partial charge is 0.484 e. The monoisotopic (exact) mass is 494 g/mol. The van der Waals surface area contributed by atoms with E-state index in [2.05, 4.69) is 27.7 Å². The number of hydrogen-bond acceptors (Lipinski definition) is 5. The molecule has 5 nitrogen and oxygen atoms in total. The first-order valence-corrected chi connectivity index (χ1v) is 13.7. The fraction of sp³-hybridized carbons (Fsp3) is 0.724. The molecule has 1 fully saturated rings. The summed E-state index contributed by atoms with van der Waals surface area (Å²) in [6.07, 6.45) is 5.72. The molecule has 1 heterocycles. The molecule has 0 aromatic heterocycles. The minimum absolute atomic E-state index is 0.188. The van der Waals surface area contributed by atoms with Crippen molar-refractivity contribution < 1.29 is 28.1 Å². The van der Waals surface area contributed by atoms with Crippen molar-refractivity contribution in [3.63, 3.8) is 0 Å². The lowest BCUT2D eigenvalue weighted by Crippen LogP contribution is -2.57. The van der Waals surface area contributed by atoms with Crippen molar-refractivity contribution in [2.75, 3.05) is 33.0 Å². The Morgan fingerprint density at radius 3 is 1.89 bits per heavy atom. The van der Waals surface area contributed by atoms with E-state index in [9.17, 15) is 0 Å². The molecule has 6 heteroatoms. The fourth-order valence-electron chi connectivity index (χ4n) is 3.95. The van der Waals surface area contributed by atoms with E-state index in [0.717, 1.165) is 51.4 Å². The Morgan fingerprint density at radius 1 is 0.743 bits per heavy atom. The molecule has 0 amide bonds. The van der Waals surface area contributed by atoms with Crippen LogP contribution < -0.4 is 0 Å². The standard InChI is InChI=1S/C29H47FO5/c1-5-9-18-31-22-24-26(32-19-10-6-2)28(33-20-11-7-3)29(34-21-12-8-4)27(35-24)25(30)23-16-14-13-15-17-23/h13-17,24,26,28-29H,5-12,18-22H2,1-4H3/t24-,26+,28+,29+/m1/s1. The van der Waals surface area contributed by atoms with Crippen LogP contribution in [0.5, 0.6) is 0 Å². The van der Waals surface area contributed by atoms with Gasteiger partial charge in [0.15, 0.2) is 17.7 Å². The zero-order valence-corrected chi connectivity index (χ0v) is 22.3. The van der Waals surface area contributed by atoms with Crippen LogP contribution in [0.2, 0.25) is 0 Å². The predicted molar refractivity (Wildman–Crippen MR) is 139 cm³/mol. The molecule has 1 aromatic carbocycles. The van der Waals surface area contributed by atoms with Gasteiger partial charge in [0.05, 0.1) is 6.61 Å². The lowest BCUT2D eigenvalue weighted by Gasteiger charge is -2.43. The number of ether oxygens (including phenoxy) is 5. The Bertz CT molecular complexity index is 696. The Hall–Kier alpha value is -1.47. The van der Waals surface area contributed by atoms with Crippen LogP contribution in [0.25, 0.3) is 5.83 Å². The normalized spacial score (nSPS) is 23.8. The number of rotatable bonds is 18. The van der Waals surface area contributed by atoms with Crippen LogP contribution in [0.15, 0.2) is 36.1 Å². The zero-order valence-electron chi connectivity index (χ0n) is 22.3. The van der Waals surface area contributed by atoms with Gasteiger partial charge in [-0.1, -0.05) is 83.7 Å². The predicted octanol–water partition coefficient (Wildman–Crippen LogP) is 7.10. The van der Waals surface area contributed by atoms with Crippen LogP contribution >= 0.6 is 0 Å². The summed E-state index contributed by atoms with van der Waals surface area (Å²) < 4.78 is 47.3. The highest BCUT2D eigenvalue weighted by molar-refractivity contribution is 5.62. The number of benzene rings is 1. The molecular weight excluding hydrogens is 447 g/mol. The van der Waals surface area contributed by atoms with E-state index in [1.165, 1.54) is 0 Å². The Balaban J connectivity index is 2.43. The maximum atomic E-state index is 15.9. The summed E-state index contributed by atoms with van der Waals surface area (Å²) in [4.78, 5) is 0. The Morgan fingerprint density at radius 2 is 1.29 bits per heavy atom. The molecule has 0 N–H and O–H groups in total. The van der Waals surface area contributed by atoms with Crippen LogP contribution in [-0.4, -0.2) is 57.5 Å². The average Bonchev–Trinajstić information content (AvgIpc) is 2.88. The highest BCUT2D eigenvalue weighted by Gasteiger charge is 2.47. The molecule has 0 saturated carbocycles. The van der Waals surface area contributed by atoms with Gasteiger partial charge in [-0.2, -0.15) is 0 Å². The molecule has 0 aliphatic carbocycles. The zero-order chi connectivity index (χ0) is 25.3. The molecule has 200 valence electrons. The molecule has 1 aliphatic rings. The molecule has 35 heavy (non-hydrogen) atoms. The van der Waals surface area contributed by atoms with Crippen molar-refractivity contribution >= 4 is 5.83 Å². The second kappa shape index (κ2) is 17.9. The van der Waals surface area contributed by atoms with Gasteiger partial charge in [-0.15, -0.1) is 0 Å². The van der Waals surface area contributed by atoms with E-state index < -0.39 is 30.2 Å². The van der Waals surface area contributed by atoms with Crippen LogP contribution in [0.3, 0.4) is 0 Å². The smallest absolute Gasteiger partial charge is 0.170 e. The SMILES string of the molecule is CCCCOC[C@H]1OC(=C(F)c2ccccc2)[C@H](OCCCC)[C@@H](OCCCC)[C@H]1OCCCC. The quantitative estimate of drug-likeness (QED) is 0.204. The highest BCUT2D eigenvalue weighted by atomic mass is 19.1. The Kier molecular flexibility index (Phi) is 15.2. The second-order valence-corrected chi connectivity index (χ2v) is 9.15. The summed E-state index contributed by atoms with van der Waals surface area (Å²) in [6.45, 7) is 11.1. The van der Waals surface area contributed by atoms with Crippen molar-refractivity contribution in [1.29, 1.82) is 0 Å². The van der Waals surface area contributed by atoms with E-state index in [0.29, 0.717) is 38.6 Å². The van der Waals surface area contributed by atoms with E-state index in [-0.39, 0.29) is 5.76 Å². The Labute approximate surface area is 212 Å². The van der Waals surface area contributed by atoms with E-state index in [1.54, 1.807) is 12.1 Å². The third-order valence-electron chi connectivity index (χ3n) is 6.10. The van der Waals surface area contributed by atoms with E-state index in [1.807, 2.05) is 18.2 Å². The van der Waals surface area contributed by atoms with Crippen molar-refractivity contribution in [2.24, 2.45) is 0 Å². The summed E-state index contributed by atoms with van der Waals surface area (Å²) in [5.74, 6) is -0.227. The van der Waals surface area contributed by atoms with Gasteiger partial charge in [-0.3, -0.25) is 0 Å². The number of unbranched alkanes of at least 4 members (excludes halogenated alkanes) is 4. The van der Waals surface area contributed by atoms with Gasteiger partial charge < -0.3 is 23.7 Å². The first kappa shape index (κ1) is 29.8. The molecule has 2 rings (SSSR count). The molecular formula is C29H47FO5. The lowest BCUT2D eigenvalue weighted by molar-refractivity contribution is -0.215. The van der Waals surface area contributed by atoms with Crippen molar-refractivity contribution in [1.82, 2.24) is 0 Å². The molecule has 0 bridgehead atoms. The summed E-state index contributed by atoms with van der Waals surface area (Å²) >= 11 is 0. The van der Waals surface area contributed by atoms with Crippen molar-refractivity contribution in [2.45, 2.75) is 103 Å². The van der Waals surface area contributed by atoms with Crippen LogP contribution in [0.4, 0.5) is 4.39 Å². The van der Waals surface area contributed by atoms with Crippen LogP contribution in [-0.2, 0) is 23.7 Å². The molecule has 1 saturated heterocycles. The van der Waals surface area contributed by atoms with Gasteiger partial charge in [-0.25, -0.2) is 4.39 Å². The molecule has 1 aliphatic heterocycles. The van der Waals surface area contributed by atoms with Gasteiger partial charge in [0.1, 0.15) is 18.3 Å². The third-order valence-corrected chi connectivity index (χ3v) is 6.10. The first-order chi connectivity index (χ1) is 17.2. The van der Waals surface area contributed by atoms with Gasteiger partial charge in [-0.05, 0) is 25.7 Å². The summed E-state index contributed by atoms with van der Waals surface area (Å²) in [5, 5.41) is 0. The second-order valence-electron chi connectivity index (χ2n) is 9.15. The molecule has 0 spiro atoms. The van der Waals surface area contributed by atoms with Crippen molar-refractivity contribution in [3.8, 4) is 0 Å². The van der Waals surface area contributed by atoms with Gasteiger partial charge in [0.25, 0.3) is 0 Å². The van der Waals surface area contributed by atoms with Gasteiger partial charge >= 0.3 is 0 Å². The van der Waals surface area contributed by atoms with Crippen LogP contribution in [0.1, 0.15) is 84.6 Å². The van der Waals surface area contributed by atoms with E-state index in [4.69, 9.17) is 23.7 Å². The third kappa shape index (κ3) is 9.83. The number of hydrogen-bond donors (Lipinski definition) is 0. The first-order valence-electron chi connectivity index (χ1n) is 13.7. The molecule has 0 radical (unpaired) electrons. The molecule has 1 aromatic rings. The number of halogens is 1. The van der Waals surface area contributed by atoms with Gasteiger partial charge in [0, 0.05) is 32.0 Å². The summed E-state index contributed by atoms with van der Waals surface area (Å²) in [5.41, 5.74) is 0.468. The minimum atomic E-state index is -0.683. The molecule has 4 atom stereocenters. The average molecular weight is 495 g/mol. The topological polar surface area (TPSA) is 46.2 Å². The lowest BCUT2D eigenvalue weighted by atomic mass is 9.95. The maximum absolute atomic E-state index is 15.9. The summed E-state index contributed by atoms with van der Waals surface area (Å²) in [6, 6.07) is 9.01. The summed E-state index contributed by atoms with van der Waals surface area (Å²) in [7, 11) is 0. The minimum Gasteiger partial charge on any atom is -0.484 e. The fourth-order valence-corrected chi connectivity index (χ4v) is 3.95. The van der Waals surface area contributed by atoms with E-state index >= 15 is 4.39 Å². The van der Waals surface area contributed by atoms with Crippen LogP contribution in [0, 0.1) is 0 Å². The molecule has 0 unspecified atom stereocenters. The maximum Gasteiger partial charge on any atom is 0.170 e. The van der Waals surface area contributed by atoms with Crippen molar-refractivity contribution in [3.05, 3.63) is 41.7 Å².